The molecule has 5 heteroatoms. The van der Waals surface area contributed by atoms with Gasteiger partial charge in [0.25, 0.3) is 0 Å². The summed E-state index contributed by atoms with van der Waals surface area (Å²) in [4.78, 5) is 0.989. The first-order valence-corrected chi connectivity index (χ1v) is 6.19. The van der Waals surface area contributed by atoms with E-state index in [9.17, 15) is 8.78 Å². The summed E-state index contributed by atoms with van der Waals surface area (Å²) >= 11 is 1.46. The molecule has 0 fully saturated rings. The van der Waals surface area contributed by atoms with Crippen molar-refractivity contribution in [3.05, 3.63) is 57.3 Å². The van der Waals surface area contributed by atoms with E-state index in [4.69, 9.17) is 5.26 Å². The molecule has 0 atom stereocenters. The van der Waals surface area contributed by atoms with Crippen LogP contribution in [0.3, 0.4) is 0 Å². The highest BCUT2D eigenvalue weighted by Gasteiger charge is 2.04. The summed E-state index contributed by atoms with van der Waals surface area (Å²) in [6.45, 7) is 0.783. The van der Waals surface area contributed by atoms with Crippen LogP contribution >= 0.6 is 11.3 Å². The van der Waals surface area contributed by atoms with Gasteiger partial charge in [0.05, 0.1) is 5.56 Å². The van der Waals surface area contributed by atoms with Crippen LogP contribution in [0, 0.1) is 23.0 Å². The Balaban J connectivity index is 1.92. The molecule has 2 rings (SSSR count). The van der Waals surface area contributed by atoms with Gasteiger partial charge < -0.3 is 5.32 Å². The minimum Gasteiger partial charge on any atom is -0.308 e. The highest BCUT2D eigenvalue weighted by atomic mass is 32.1. The van der Waals surface area contributed by atoms with E-state index >= 15 is 0 Å². The molecule has 0 radical (unpaired) electrons. The van der Waals surface area contributed by atoms with Crippen molar-refractivity contribution in [1.82, 2.24) is 5.32 Å². The molecule has 92 valence electrons. The van der Waals surface area contributed by atoms with Crippen LogP contribution in [0.5, 0.6) is 0 Å². The molecule has 0 aliphatic heterocycles. The summed E-state index contributed by atoms with van der Waals surface area (Å²) in [5.74, 6) is -0.871. The first-order valence-electron chi connectivity index (χ1n) is 5.31. The molecule has 0 bridgehead atoms. The predicted molar refractivity (Wildman–Crippen MR) is 65.9 cm³/mol. The van der Waals surface area contributed by atoms with E-state index < -0.39 is 11.6 Å². The molecule has 1 aromatic heterocycles. The molecule has 1 aromatic carbocycles. The summed E-state index contributed by atoms with van der Waals surface area (Å²) in [6, 6.07) is 7.21. The van der Waals surface area contributed by atoms with Crippen LogP contribution in [0.1, 0.15) is 16.0 Å². The van der Waals surface area contributed by atoms with Gasteiger partial charge >= 0.3 is 0 Å². The first kappa shape index (κ1) is 12.7. The number of thiophene rings is 1. The van der Waals surface area contributed by atoms with Crippen molar-refractivity contribution in [3.63, 3.8) is 0 Å². The summed E-state index contributed by atoms with van der Waals surface area (Å²) in [5, 5.41) is 13.4. The smallest absolute Gasteiger partial charge is 0.127 e. The third-order valence-corrected chi connectivity index (χ3v) is 3.34. The molecule has 0 amide bonds. The average Bonchev–Trinajstić information content (AvgIpc) is 2.81. The number of nitriles is 1. The summed E-state index contributed by atoms with van der Waals surface area (Å²) < 4.78 is 26.2. The van der Waals surface area contributed by atoms with E-state index in [0.717, 1.165) is 17.0 Å². The zero-order valence-corrected chi connectivity index (χ0v) is 10.2. The number of hydrogen-bond acceptors (Lipinski definition) is 3. The van der Waals surface area contributed by atoms with Gasteiger partial charge in [-0.25, -0.2) is 8.78 Å². The quantitative estimate of drug-likeness (QED) is 0.920. The van der Waals surface area contributed by atoms with E-state index in [1.165, 1.54) is 17.4 Å². The van der Waals surface area contributed by atoms with Crippen LogP contribution in [0.4, 0.5) is 8.78 Å². The lowest BCUT2D eigenvalue weighted by Crippen LogP contribution is -2.13. The number of rotatable bonds is 4. The number of nitrogens with zero attached hydrogens (tertiary/aromatic N) is 1. The summed E-state index contributed by atoms with van der Waals surface area (Å²) in [7, 11) is 0. The van der Waals surface area contributed by atoms with E-state index in [1.807, 2.05) is 6.07 Å². The maximum Gasteiger partial charge on any atom is 0.127 e. The van der Waals surface area contributed by atoms with Crippen molar-refractivity contribution >= 4 is 11.3 Å². The normalized spacial score (nSPS) is 10.3. The molecule has 2 aromatic rings. The van der Waals surface area contributed by atoms with Gasteiger partial charge in [-0.05, 0) is 24.3 Å². The van der Waals surface area contributed by atoms with E-state index in [1.54, 1.807) is 11.4 Å². The fraction of sp³-hybridized carbons (Fsp3) is 0.154. The minimum absolute atomic E-state index is 0.253. The highest BCUT2D eigenvalue weighted by molar-refractivity contribution is 7.10. The van der Waals surface area contributed by atoms with Crippen molar-refractivity contribution in [3.8, 4) is 6.07 Å². The van der Waals surface area contributed by atoms with Crippen molar-refractivity contribution in [2.75, 3.05) is 0 Å². The highest BCUT2D eigenvalue weighted by Crippen LogP contribution is 2.14. The first-order chi connectivity index (χ1) is 8.69. The second-order valence-electron chi connectivity index (χ2n) is 3.75. The minimum atomic E-state index is -0.448. The van der Waals surface area contributed by atoms with Gasteiger partial charge in [0, 0.05) is 28.9 Å². The number of nitrogens with one attached hydrogen (secondary N) is 1. The Morgan fingerprint density at radius 2 is 2.06 bits per heavy atom. The zero-order chi connectivity index (χ0) is 13.0. The van der Waals surface area contributed by atoms with E-state index in [0.29, 0.717) is 17.7 Å². The SMILES string of the molecule is N#Cc1csc(CNCc2cc(F)ccc2F)c1. The van der Waals surface area contributed by atoms with Crippen LogP contribution in [0.2, 0.25) is 0 Å². The van der Waals surface area contributed by atoms with Gasteiger partial charge in [0.1, 0.15) is 17.7 Å². The lowest BCUT2D eigenvalue weighted by atomic mass is 10.2. The van der Waals surface area contributed by atoms with Gasteiger partial charge in [-0.3, -0.25) is 0 Å². The Hall–Kier alpha value is -1.77. The molecule has 0 unspecified atom stereocenters. The lowest BCUT2D eigenvalue weighted by molar-refractivity contribution is 0.569. The van der Waals surface area contributed by atoms with Crippen LogP contribution in [-0.2, 0) is 13.1 Å². The Kier molecular flexibility index (Phi) is 4.03. The summed E-state index contributed by atoms with van der Waals surface area (Å²) in [6.07, 6.45) is 0. The van der Waals surface area contributed by atoms with Gasteiger partial charge in [0.2, 0.25) is 0 Å². The Labute approximate surface area is 107 Å². The van der Waals surface area contributed by atoms with E-state index in [-0.39, 0.29) is 6.54 Å². The molecule has 18 heavy (non-hydrogen) atoms. The average molecular weight is 264 g/mol. The fourth-order valence-electron chi connectivity index (χ4n) is 1.53. The largest absolute Gasteiger partial charge is 0.308 e. The maximum absolute atomic E-state index is 13.3. The molecule has 0 aliphatic rings. The van der Waals surface area contributed by atoms with Gasteiger partial charge in [-0.2, -0.15) is 5.26 Å². The van der Waals surface area contributed by atoms with Crippen molar-refractivity contribution < 1.29 is 8.78 Å². The number of halogens is 2. The molecule has 2 nitrogen and oxygen atoms in total. The molecule has 1 N–H and O–H groups in total. The molecule has 0 spiro atoms. The predicted octanol–water partition coefficient (Wildman–Crippen LogP) is 3.19. The Bertz CT molecular complexity index is 587. The van der Waals surface area contributed by atoms with E-state index in [2.05, 4.69) is 5.32 Å². The van der Waals surface area contributed by atoms with Crippen LogP contribution in [-0.4, -0.2) is 0 Å². The Morgan fingerprint density at radius 3 is 2.78 bits per heavy atom. The van der Waals surface area contributed by atoms with Crippen molar-refractivity contribution in [1.29, 1.82) is 5.26 Å². The lowest BCUT2D eigenvalue weighted by Gasteiger charge is -2.04. The fourth-order valence-corrected chi connectivity index (χ4v) is 2.31. The third kappa shape index (κ3) is 3.13. The van der Waals surface area contributed by atoms with Gasteiger partial charge in [0.15, 0.2) is 0 Å². The van der Waals surface area contributed by atoms with Crippen LogP contribution < -0.4 is 5.32 Å². The second kappa shape index (κ2) is 5.71. The van der Waals surface area contributed by atoms with Crippen molar-refractivity contribution in [2.45, 2.75) is 13.1 Å². The van der Waals surface area contributed by atoms with Gasteiger partial charge in [-0.1, -0.05) is 0 Å². The van der Waals surface area contributed by atoms with Crippen LogP contribution in [0.25, 0.3) is 0 Å². The Morgan fingerprint density at radius 1 is 1.22 bits per heavy atom. The molecular formula is C13H10F2N2S. The van der Waals surface area contributed by atoms with Crippen LogP contribution in [0.15, 0.2) is 29.6 Å². The number of hydrogen-bond donors (Lipinski definition) is 1. The monoisotopic (exact) mass is 264 g/mol. The standard InChI is InChI=1S/C13H10F2N2S/c14-11-1-2-13(15)10(4-11)6-17-7-12-3-9(5-16)8-18-12/h1-4,8,17H,6-7H2. The molecule has 0 aliphatic carbocycles. The maximum atomic E-state index is 13.3. The number of benzene rings is 1. The summed E-state index contributed by atoms with van der Waals surface area (Å²) in [5.41, 5.74) is 0.917. The zero-order valence-electron chi connectivity index (χ0n) is 9.41. The van der Waals surface area contributed by atoms with Crippen molar-refractivity contribution in [2.24, 2.45) is 0 Å². The molecule has 0 saturated carbocycles. The molecule has 1 heterocycles. The third-order valence-electron chi connectivity index (χ3n) is 2.41. The van der Waals surface area contributed by atoms with Gasteiger partial charge in [-0.15, -0.1) is 11.3 Å². The second-order valence-corrected chi connectivity index (χ2v) is 4.75. The molecular weight excluding hydrogens is 254 g/mol. The topological polar surface area (TPSA) is 35.8 Å². The molecule has 0 saturated heterocycles.